The Kier molecular flexibility index (Phi) is 4.37. The van der Waals surface area contributed by atoms with E-state index in [2.05, 4.69) is 0 Å². The van der Waals surface area contributed by atoms with Crippen LogP contribution in [0.1, 0.15) is 5.76 Å². The second-order valence-corrected chi connectivity index (χ2v) is 6.86. The zero-order chi connectivity index (χ0) is 14.8. The summed E-state index contributed by atoms with van der Waals surface area (Å²) in [4.78, 5) is 0. The number of halogens is 1. The Balaban J connectivity index is 2.41. The quantitative estimate of drug-likeness (QED) is 0.852. The van der Waals surface area contributed by atoms with E-state index in [1.54, 1.807) is 36.4 Å². The number of hydrogen-bond acceptors (Lipinski definition) is 3. The Labute approximate surface area is 123 Å². The van der Waals surface area contributed by atoms with Crippen molar-refractivity contribution in [2.24, 2.45) is 0 Å². The van der Waals surface area contributed by atoms with Crippen molar-refractivity contribution in [2.45, 2.75) is 6.54 Å². The standard InChI is InChI=1S/C13H15ClN2O3S/c1-15(2)20(17,18)16(10-13-4-3-9-19-13)12-7-5-11(14)6-8-12/h3-9H,10H2,1-2H3. The lowest BCUT2D eigenvalue weighted by molar-refractivity contribution is 0.492. The van der Waals surface area contributed by atoms with Crippen LogP contribution in [-0.2, 0) is 16.8 Å². The molecular weight excluding hydrogens is 300 g/mol. The van der Waals surface area contributed by atoms with Crippen molar-refractivity contribution < 1.29 is 12.8 Å². The highest BCUT2D eigenvalue weighted by molar-refractivity contribution is 7.90. The van der Waals surface area contributed by atoms with Gasteiger partial charge in [-0.15, -0.1) is 0 Å². The fraction of sp³-hybridized carbons (Fsp3) is 0.231. The van der Waals surface area contributed by atoms with Crippen LogP contribution in [0.3, 0.4) is 0 Å². The molecule has 7 heteroatoms. The molecule has 0 aliphatic heterocycles. The fourth-order valence-electron chi connectivity index (χ4n) is 1.65. The summed E-state index contributed by atoms with van der Waals surface area (Å²) in [5.41, 5.74) is 0.527. The van der Waals surface area contributed by atoms with Gasteiger partial charge in [0.05, 0.1) is 18.5 Å². The molecule has 0 amide bonds. The predicted molar refractivity (Wildman–Crippen MR) is 78.9 cm³/mol. The lowest BCUT2D eigenvalue weighted by Gasteiger charge is -2.26. The van der Waals surface area contributed by atoms with Gasteiger partial charge in [0, 0.05) is 19.1 Å². The molecule has 20 heavy (non-hydrogen) atoms. The Morgan fingerprint density at radius 3 is 2.30 bits per heavy atom. The SMILES string of the molecule is CN(C)S(=O)(=O)N(Cc1ccco1)c1ccc(Cl)cc1. The molecule has 0 saturated carbocycles. The van der Waals surface area contributed by atoms with Crippen LogP contribution in [0, 0.1) is 0 Å². The topological polar surface area (TPSA) is 53.8 Å². The molecular formula is C13H15ClN2O3S. The van der Waals surface area contributed by atoms with Crippen LogP contribution in [0.2, 0.25) is 5.02 Å². The first-order valence-electron chi connectivity index (χ1n) is 5.89. The predicted octanol–water partition coefficient (Wildman–Crippen LogP) is 2.75. The van der Waals surface area contributed by atoms with Crippen molar-refractivity contribution in [3.05, 3.63) is 53.4 Å². The average Bonchev–Trinajstić information content (AvgIpc) is 2.90. The monoisotopic (exact) mass is 314 g/mol. The minimum absolute atomic E-state index is 0.120. The number of benzene rings is 1. The molecule has 0 bridgehead atoms. The van der Waals surface area contributed by atoms with Crippen molar-refractivity contribution in [2.75, 3.05) is 18.4 Å². The van der Waals surface area contributed by atoms with Crippen molar-refractivity contribution >= 4 is 27.5 Å². The van der Waals surface area contributed by atoms with Crippen LogP contribution in [0.25, 0.3) is 0 Å². The Hall–Kier alpha value is -1.50. The summed E-state index contributed by atoms with van der Waals surface area (Å²) in [6.07, 6.45) is 1.51. The van der Waals surface area contributed by atoms with E-state index >= 15 is 0 Å². The first-order chi connectivity index (χ1) is 9.41. The summed E-state index contributed by atoms with van der Waals surface area (Å²) in [5.74, 6) is 0.561. The van der Waals surface area contributed by atoms with Crippen molar-refractivity contribution in [3.8, 4) is 0 Å². The molecule has 108 valence electrons. The van der Waals surface area contributed by atoms with Crippen LogP contribution in [0.4, 0.5) is 5.69 Å². The van der Waals surface area contributed by atoms with Crippen molar-refractivity contribution in [1.82, 2.24) is 4.31 Å². The van der Waals surface area contributed by atoms with Gasteiger partial charge >= 0.3 is 10.2 Å². The molecule has 2 rings (SSSR count). The number of rotatable bonds is 5. The lowest BCUT2D eigenvalue weighted by Crippen LogP contribution is -2.39. The zero-order valence-corrected chi connectivity index (χ0v) is 12.7. The highest BCUT2D eigenvalue weighted by Crippen LogP contribution is 2.24. The van der Waals surface area contributed by atoms with Crippen molar-refractivity contribution in [1.29, 1.82) is 0 Å². The first kappa shape index (κ1) is 14.9. The van der Waals surface area contributed by atoms with E-state index in [1.165, 1.54) is 24.7 Å². The van der Waals surface area contributed by atoms with Crippen molar-refractivity contribution in [3.63, 3.8) is 0 Å². The zero-order valence-electron chi connectivity index (χ0n) is 11.2. The number of hydrogen-bond donors (Lipinski definition) is 0. The third-order valence-electron chi connectivity index (χ3n) is 2.73. The summed E-state index contributed by atoms with van der Waals surface area (Å²) in [5, 5.41) is 0.550. The van der Waals surface area contributed by atoms with Crippen LogP contribution in [-0.4, -0.2) is 26.8 Å². The molecule has 0 radical (unpaired) electrons. The van der Waals surface area contributed by atoms with Gasteiger partial charge < -0.3 is 4.42 Å². The number of nitrogens with zero attached hydrogens (tertiary/aromatic N) is 2. The normalized spacial score (nSPS) is 11.8. The summed E-state index contributed by atoms with van der Waals surface area (Å²) in [6, 6.07) is 10.1. The Morgan fingerprint density at radius 1 is 1.15 bits per heavy atom. The Bertz CT molecular complexity index is 651. The van der Waals surface area contributed by atoms with E-state index in [9.17, 15) is 8.42 Å². The molecule has 0 atom stereocenters. The molecule has 2 aromatic rings. The average molecular weight is 315 g/mol. The summed E-state index contributed by atoms with van der Waals surface area (Å²) < 4.78 is 32.5. The van der Waals surface area contributed by atoms with E-state index in [0.29, 0.717) is 16.5 Å². The van der Waals surface area contributed by atoms with Crippen LogP contribution < -0.4 is 4.31 Å². The van der Waals surface area contributed by atoms with E-state index in [1.807, 2.05) is 0 Å². The minimum atomic E-state index is -3.62. The first-order valence-corrected chi connectivity index (χ1v) is 7.67. The van der Waals surface area contributed by atoms with Crippen LogP contribution in [0.15, 0.2) is 47.1 Å². The van der Waals surface area contributed by atoms with Gasteiger partial charge in [0.1, 0.15) is 5.76 Å². The van der Waals surface area contributed by atoms with Gasteiger partial charge in [-0.1, -0.05) is 11.6 Å². The lowest BCUT2D eigenvalue weighted by atomic mass is 10.3. The van der Waals surface area contributed by atoms with Gasteiger partial charge in [0.15, 0.2) is 0 Å². The maximum absolute atomic E-state index is 12.4. The van der Waals surface area contributed by atoms with Gasteiger partial charge in [-0.3, -0.25) is 4.31 Å². The second-order valence-electron chi connectivity index (χ2n) is 4.35. The third kappa shape index (κ3) is 3.15. The summed E-state index contributed by atoms with van der Waals surface area (Å²) in [7, 11) is -0.644. The Morgan fingerprint density at radius 2 is 1.80 bits per heavy atom. The second kappa shape index (κ2) is 5.87. The largest absolute Gasteiger partial charge is 0.467 e. The molecule has 1 aromatic heterocycles. The number of anilines is 1. The maximum atomic E-state index is 12.4. The highest BCUT2D eigenvalue weighted by atomic mass is 35.5. The number of furan rings is 1. The maximum Gasteiger partial charge on any atom is 0.303 e. The van der Waals surface area contributed by atoms with Gasteiger partial charge in [0.25, 0.3) is 0 Å². The summed E-state index contributed by atoms with van der Waals surface area (Å²) in [6.45, 7) is 0.120. The molecule has 0 unspecified atom stereocenters. The highest BCUT2D eigenvalue weighted by Gasteiger charge is 2.25. The van der Waals surface area contributed by atoms with E-state index in [4.69, 9.17) is 16.0 Å². The van der Waals surface area contributed by atoms with Gasteiger partial charge in [-0.05, 0) is 36.4 Å². The van der Waals surface area contributed by atoms with Gasteiger partial charge in [0.2, 0.25) is 0 Å². The summed E-state index contributed by atoms with van der Waals surface area (Å²) >= 11 is 5.84. The van der Waals surface area contributed by atoms with E-state index in [-0.39, 0.29) is 6.54 Å². The molecule has 0 aliphatic rings. The van der Waals surface area contributed by atoms with Crippen LogP contribution >= 0.6 is 11.6 Å². The van der Waals surface area contributed by atoms with Gasteiger partial charge in [-0.2, -0.15) is 12.7 Å². The molecule has 1 aromatic carbocycles. The molecule has 0 aliphatic carbocycles. The molecule has 0 saturated heterocycles. The smallest absolute Gasteiger partial charge is 0.303 e. The van der Waals surface area contributed by atoms with Crippen LogP contribution in [0.5, 0.6) is 0 Å². The third-order valence-corrected chi connectivity index (χ3v) is 4.81. The van der Waals surface area contributed by atoms with E-state index < -0.39 is 10.2 Å². The molecule has 0 spiro atoms. The molecule has 1 heterocycles. The molecule has 0 fully saturated rings. The molecule has 5 nitrogen and oxygen atoms in total. The van der Waals surface area contributed by atoms with E-state index in [0.717, 1.165) is 4.31 Å². The minimum Gasteiger partial charge on any atom is -0.467 e. The fourth-order valence-corrected chi connectivity index (χ4v) is 2.85. The molecule has 0 N–H and O–H groups in total. The van der Waals surface area contributed by atoms with Gasteiger partial charge in [-0.25, -0.2) is 0 Å².